The van der Waals surface area contributed by atoms with Crippen LogP contribution in [-0.4, -0.2) is 12.7 Å². The summed E-state index contributed by atoms with van der Waals surface area (Å²) in [6.45, 7) is 6.49. The molecule has 1 fully saturated rings. The van der Waals surface area contributed by atoms with Gasteiger partial charge in [0.05, 0.1) is 19.3 Å². The van der Waals surface area contributed by atoms with Crippen LogP contribution in [-0.2, 0) is 29.1 Å². The van der Waals surface area contributed by atoms with E-state index in [1.807, 2.05) is 11.3 Å². The third-order valence-corrected chi connectivity index (χ3v) is 9.90. The quantitative estimate of drug-likeness (QED) is 0.153. The van der Waals surface area contributed by atoms with Gasteiger partial charge in [-0.15, -0.1) is 11.3 Å². The number of hydrogen-bond donors (Lipinski definition) is 0. The Labute approximate surface area is 261 Å². The predicted molar refractivity (Wildman–Crippen MR) is 180 cm³/mol. The Morgan fingerprint density at radius 1 is 0.698 bits per heavy atom. The largest absolute Gasteiger partial charge is 0.376 e. The molecule has 1 heterocycles. The lowest BCUT2D eigenvalue weighted by molar-refractivity contribution is -0.0238. The van der Waals surface area contributed by atoms with E-state index in [4.69, 9.17) is 9.47 Å². The SMILES string of the molecule is Cc1ccc(-c2ccc(Cc3cc(C4CC(COCc5ccccc5)CC(OCc5ccccc5)C4)ccc3C)s2)cc1. The molecular weight excluding hydrogens is 545 g/mol. The number of rotatable bonds is 11. The Hall–Kier alpha value is -3.50. The van der Waals surface area contributed by atoms with Gasteiger partial charge in [-0.05, 0) is 90.5 Å². The average Bonchev–Trinajstić information content (AvgIpc) is 3.51. The van der Waals surface area contributed by atoms with Crippen LogP contribution in [0.2, 0.25) is 0 Å². The average molecular weight is 587 g/mol. The molecule has 43 heavy (non-hydrogen) atoms. The first-order valence-corrected chi connectivity index (χ1v) is 16.4. The maximum absolute atomic E-state index is 6.56. The van der Waals surface area contributed by atoms with Crippen molar-refractivity contribution in [3.63, 3.8) is 0 Å². The Kier molecular flexibility index (Phi) is 9.84. The third-order valence-electron chi connectivity index (χ3n) is 8.76. The molecule has 3 atom stereocenters. The smallest absolute Gasteiger partial charge is 0.0720 e. The molecule has 1 aliphatic carbocycles. The van der Waals surface area contributed by atoms with Crippen molar-refractivity contribution in [2.75, 3.05) is 6.61 Å². The van der Waals surface area contributed by atoms with E-state index in [1.54, 1.807) is 0 Å². The molecule has 0 N–H and O–H groups in total. The van der Waals surface area contributed by atoms with Gasteiger partial charge in [0.25, 0.3) is 0 Å². The fourth-order valence-corrected chi connectivity index (χ4v) is 7.34. The second-order valence-corrected chi connectivity index (χ2v) is 13.4. The van der Waals surface area contributed by atoms with Gasteiger partial charge in [-0.3, -0.25) is 0 Å². The second kappa shape index (κ2) is 14.3. The second-order valence-electron chi connectivity index (χ2n) is 12.2. The van der Waals surface area contributed by atoms with Crippen molar-refractivity contribution in [1.29, 1.82) is 0 Å². The van der Waals surface area contributed by atoms with Gasteiger partial charge >= 0.3 is 0 Å². The minimum absolute atomic E-state index is 0.225. The predicted octanol–water partition coefficient (Wildman–Crippen LogP) is 10.3. The number of benzene rings is 4. The van der Waals surface area contributed by atoms with E-state index >= 15 is 0 Å². The molecular formula is C40H42O2S. The van der Waals surface area contributed by atoms with E-state index in [1.165, 1.54) is 48.7 Å². The molecule has 4 aromatic carbocycles. The molecule has 3 unspecified atom stereocenters. The maximum atomic E-state index is 6.56. The third kappa shape index (κ3) is 8.12. The van der Waals surface area contributed by atoms with Crippen molar-refractivity contribution in [1.82, 2.24) is 0 Å². The van der Waals surface area contributed by atoms with Gasteiger partial charge in [0.1, 0.15) is 0 Å². The zero-order chi connectivity index (χ0) is 29.4. The Balaban J connectivity index is 1.16. The molecule has 220 valence electrons. The van der Waals surface area contributed by atoms with Crippen molar-refractivity contribution < 1.29 is 9.47 Å². The lowest BCUT2D eigenvalue weighted by Gasteiger charge is -2.35. The molecule has 0 amide bonds. The Bertz CT molecular complexity index is 1570. The normalized spacial score (nSPS) is 18.5. The summed E-state index contributed by atoms with van der Waals surface area (Å²) in [7, 11) is 0. The van der Waals surface area contributed by atoms with Crippen LogP contribution in [0, 0.1) is 19.8 Å². The van der Waals surface area contributed by atoms with E-state index in [-0.39, 0.29) is 6.10 Å². The molecule has 1 aromatic heterocycles. The van der Waals surface area contributed by atoms with E-state index in [9.17, 15) is 0 Å². The summed E-state index contributed by atoms with van der Waals surface area (Å²) in [6, 6.07) is 41.7. The van der Waals surface area contributed by atoms with Crippen LogP contribution < -0.4 is 0 Å². The van der Waals surface area contributed by atoms with E-state index in [0.29, 0.717) is 25.0 Å². The van der Waals surface area contributed by atoms with Crippen LogP contribution in [0.4, 0.5) is 0 Å². The maximum Gasteiger partial charge on any atom is 0.0720 e. The lowest BCUT2D eigenvalue weighted by atomic mass is 9.76. The number of hydrogen-bond acceptors (Lipinski definition) is 3. The van der Waals surface area contributed by atoms with Crippen LogP contribution >= 0.6 is 11.3 Å². The van der Waals surface area contributed by atoms with Gasteiger partial charge in [-0.2, -0.15) is 0 Å². The topological polar surface area (TPSA) is 18.5 Å². The van der Waals surface area contributed by atoms with Gasteiger partial charge in [0, 0.05) is 22.8 Å². The summed E-state index contributed by atoms with van der Waals surface area (Å²) in [6.07, 6.45) is 4.44. The Morgan fingerprint density at radius 3 is 2.16 bits per heavy atom. The molecule has 0 spiro atoms. The van der Waals surface area contributed by atoms with Crippen LogP contribution in [0.15, 0.2) is 115 Å². The minimum atomic E-state index is 0.225. The summed E-state index contributed by atoms with van der Waals surface area (Å²) in [4.78, 5) is 2.75. The summed E-state index contributed by atoms with van der Waals surface area (Å²) < 4.78 is 12.8. The van der Waals surface area contributed by atoms with Crippen molar-refractivity contribution in [2.45, 2.75) is 64.8 Å². The molecule has 1 saturated carbocycles. The zero-order valence-electron chi connectivity index (χ0n) is 25.4. The van der Waals surface area contributed by atoms with Gasteiger partial charge in [-0.25, -0.2) is 0 Å². The van der Waals surface area contributed by atoms with Crippen molar-refractivity contribution in [3.05, 3.63) is 154 Å². The van der Waals surface area contributed by atoms with Crippen molar-refractivity contribution in [2.24, 2.45) is 5.92 Å². The molecule has 5 aromatic rings. The van der Waals surface area contributed by atoms with Crippen LogP contribution in [0.3, 0.4) is 0 Å². The first kappa shape index (κ1) is 29.6. The Morgan fingerprint density at radius 2 is 1.42 bits per heavy atom. The first-order valence-electron chi connectivity index (χ1n) is 15.6. The molecule has 0 saturated heterocycles. The van der Waals surface area contributed by atoms with Crippen LogP contribution in [0.1, 0.15) is 63.4 Å². The fraction of sp³-hybridized carbons (Fsp3) is 0.300. The summed E-state index contributed by atoms with van der Waals surface area (Å²) in [5.74, 6) is 0.938. The monoisotopic (exact) mass is 586 g/mol. The number of ether oxygens (including phenoxy) is 2. The van der Waals surface area contributed by atoms with Crippen LogP contribution in [0.5, 0.6) is 0 Å². The summed E-state index contributed by atoms with van der Waals surface area (Å²) in [5, 5.41) is 0. The van der Waals surface area contributed by atoms with Crippen LogP contribution in [0.25, 0.3) is 10.4 Å². The van der Waals surface area contributed by atoms with Crippen molar-refractivity contribution in [3.8, 4) is 10.4 Å². The fourth-order valence-electron chi connectivity index (χ4n) is 6.30. The lowest BCUT2D eigenvalue weighted by Crippen LogP contribution is -2.30. The number of aryl methyl sites for hydroxylation is 2. The van der Waals surface area contributed by atoms with E-state index < -0.39 is 0 Å². The highest BCUT2D eigenvalue weighted by molar-refractivity contribution is 7.15. The summed E-state index contributed by atoms with van der Waals surface area (Å²) in [5.41, 5.74) is 9.31. The highest BCUT2D eigenvalue weighted by Crippen LogP contribution is 2.39. The minimum Gasteiger partial charge on any atom is -0.376 e. The molecule has 0 bridgehead atoms. The highest BCUT2D eigenvalue weighted by atomic mass is 32.1. The van der Waals surface area contributed by atoms with Crippen molar-refractivity contribution >= 4 is 11.3 Å². The standard InChI is InChI=1S/C40H42O2S/c1-29-13-16-34(17-14-29)40-20-19-39(43-40)25-36-23-35(18-15-30(36)2)37-21-33(27-41-26-31-9-5-3-6-10-31)22-38(24-37)42-28-32-11-7-4-8-12-32/h3-20,23,33,37-38H,21-22,24-28H2,1-2H3. The van der Waals surface area contributed by atoms with Gasteiger partial charge in [0.15, 0.2) is 0 Å². The van der Waals surface area contributed by atoms with Gasteiger partial charge in [0.2, 0.25) is 0 Å². The molecule has 1 aliphatic rings. The first-order chi connectivity index (χ1) is 21.1. The van der Waals surface area contributed by atoms with E-state index in [2.05, 4.69) is 129 Å². The molecule has 6 rings (SSSR count). The van der Waals surface area contributed by atoms with E-state index in [0.717, 1.165) is 32.3 Å². The molecule has 0 radical (unpaired) electrons. The summed E-state index contributed by atoms with van der Waals surface area (Å²) >= 11 is 1.91. The highest BCUT2D eigenvalue weighted by Gasteiger charge is 2.31. The molecule has 3 heteroatoms. The molecule has 2 nitrogen and oxygen atoms in total. The number of thiophene rings is 1. The zero-order valence-corrected chi connectivity index (χ0v) is 26.2. The van der Waals surface area contributed by atoms with Gasteiger partial charge < -0.3 is 9.47 Å². The van der Waals surface area contributed by atoms with Gasteiger partial charge in [-0.1, -0.05) is 109 Å². The molecule has 0 aliphatic heterocycles.